The number of amides is 1. The van der Waals surface area contributed by atoms with Gasteiger partial charge in [-0.3, -0.25) is 19.4 Å². The van der Waals surface area contributed by atoms with Crippen molar-refractivity contribution >= 4 is 28.2 Å². The Bertz CT molecular complexity index is 652. The molecule has 0 unspecified atom stereocenters. The minimum Gasteiger partial charge on any atom is -0.466 e. The molecule has 118 valence electrons. The number of piperidine rings is 1. The van der Waals surface area contributed by atoms with Gasteiger partial charge in [0.15, 0.2) is 4.96 Å². The molecule has 0 aliphatic carbocycles. The first kappa shape index (κ1) is 15.0. The highest BCUT2D eigenvalue weighted by Crippen LogP contribution is 2.17. The number of rotatable bonds is 4. The monoisotopic (exact) mass is 322 g/mol. The molecule has 1 fully saturated rings. The van der Waals surface area contributed by atoms with Crippen LogP contribution in [-0.4, -0.2) is 46.0 Å². The molecule has 1 amide bonds. The maximum absolute atomic E-state index is 12.2. The van der Waals surface area contributed by atoms with Crippen molar-refractivity contribution in [1.82, 2.24) is 19.8 Å². The molecule has 0 aromatic carbocycles. The van der Waals surface area contributed by atoms with Gasteiger partial charge in [0.05, 0.1) is 12.5 Å². The molecule has 0 bridgehead atoms. The number of hydrogen-bond donors (Lipinski definition) is 1. The van der Waals surface area contributed by atoms with Gasteiger partial charge in [-0.2, -0.15) is 0 Å². The van der Waals surface area contributed by atoms with Crippen LogP contribution < -0.4 is 5.43 Å². The fourth-order valence-corrected chi connectivity index (χ4v) is 3.27. The predicted octanol–water partition coefficient (Wildman–Crippen LogP) is 1.32. The number of hydrazine groups is 1. The summed E-state index contributed by atoms with van der Waals surface area (Å²) in [5.74, 6) is -0.621. The molecule has 1 N–H and O–H groups in total. The Kier molecular flexibility index (Phi) is 4.39. The topological polar surface area (TPSA) is 75.9 Å². The van der Waals surface area contributed by atoms with Crippen molar-refractivity contribution in [3.63, 3.8) is 0 Å². The number of carbonyl (C=O) groups excluding carboxylic acids is 2. The summed E-state index contributed by atoms with van der Waals surface area (Å²) in [7, 11) is 0. The second-order valence-corrected chi connectivity index (χ2v) is 6.07. The fraction of sp³-hybridized carbons (Fsp3) is 0.500. The van der Waals surface area contributed by atoms with Gasteiger partial charge in [0.25, 0.3) is 5.91 Å². The molecule has 7 nitrogen and oxygen atoms in total. The molecule has 0 spiro atoms. The third-order valence-electron chi connectivity index (χ3n) is 3.63. The van der Waals surface area contributed by atoms with Crippen LogP contribution in [-0.2, 0) is 9.53 Å². The maximum Gasteiger partial charge on any atom is 0.310 e. The first-order valence-electron chi connectivity index (χ1n) is 7.32. The molecular weight excluding hydrogens is 304 g/mol. The fourth-order valence-electron chi connectivity index (χ4n) is 2.57. The number of esters is 1. The van der Waals surface area contributed by atoms with Gasteiger partial charge in [-0.1, -0.05) is 0 Å². The van der Waals surface area contributed by atoms with Crippen LogP contribution in [0.2, 0.25) is 0 Å². The van der Waals surface area contributed by atoms with Crippen LogP contribution in [0.25, 0.3) is 4.96 Å². The van der Waals surface area contributed by atoms with Crippen LogP contribution in [0.4, 0.5) is 0 Å². The second kappa shape index (κ2) is 6.45. The van der Waals surface area contributed by atoms with Crippen LogP contribution in [0.15, 0.2) is 17.8 Å². The number of thiazole rings is 1. The standard InChI is InChI=1S/C14H18N4O3S/c1-2-21-13(20)10-4-3-5-18(8-10)16-12(19)11-9-17-6-7-22-14(17)15-11/h6-7,9-10H,2-5,8H2,1H3,(H,16,19)/t10-/m1/s1. The van der Waals surface area contributed by atoms with Crippen LogP contribution in [0.5, 0.6) is 0 Å². The zero-order valence-corrected chi connectivity index (χ0v) is 13.1. The zero-order chi connectivity index (χ0) is 15.5. The highest BCUT2D eigenvalue weighted by Gasteiger charge is 2.28. The lowest BCUT2D eigenvalue weighted by atomic mass is 9.99. The van der Waals surface area contributed by atoms with E-state index in [1.54, 1.807) is 18.1 Å². The first-order valence-corrected chi connectivity index (χ1v) is 8.20. The molecule has 3 rings (SSSR count). The van der Waals surface area contributed by atoms with Crippen LogP contribution in [0.3, 0.4) is 0 Å². The van der Waals surface area contributed by atoms with Gasteiger partial charge in [-0.05, 0) is 19.8 Å². The van der Waals surface area contributed by atoms with Gasteiger partial charge in [0, 0.05) is 30.9 Å². The van der Waals surface area contributed by atoms with E-state index in [4.69, 9.17) is 4.74 Å². The Morgan fingerprint density at radius 3 is 3.18 bits per heavy atom. The summed E-state index contributed by atoms with van der Waals surface area (Å²) in [6, 6.07) is 0. The van der Waals surface area contributed by atoms with Gasteiger partial charge in [-0.25, -0.2) is 9.99 Å². The lowest BCUT2D eigenvalue weighted by molar-refractivity contribution is -0.150. The molecule has 22 heavy (non-hydrogen) atoms. The number of nitrogens with zero attached hydrogens (tertiary/aromatic N) is 3. The Morgan fingerprint density at radius 2 is 2.41 bits per heavy atom. The van der Waals surface area contributed by atoms with E-state index >= 15 is 0 Å². The van der Waals surface area contributed by atoms with E-state index in [1.165, 1.54) is 11.3 Å². The minimum atomic E-state index is -0.250. The van der Waals surface area contributed by atoms with Crippen molar-refractivity contribution in [2.75, 3.05) is 19.7 Å². The number of aromatic nitrogens is 2. The summed E-state index contributed by atoms with van der Waals surface area (Å²) in [4.78, 5) is 29.1. The Balaban J connectivity index is 1.61. The zero-order valence-electron chi connectivity index (χ0n) is 12.3. The van der Waals surface area contributed by atoms with Crippen molar-refractivity contribution in [3.05, 3.63) is 23.5 Å². The summed E-state index contributed by atoms with van der Waals surface area (Å²) in [5, 5.41) is 3.69. The van der Waals surface area contributed by atoms with E-state index in [1.807, 2.05) is 16.0 Å². The number of hydrogen-bond acceptors (Lipinski definition) is 6. The highest BCUT2D eigenvalue weighted by molar-refractivity contribution is 7.15. The molecular formula is C14H18N4O3S. The third-order valence-corrected chi connectivity index (χ3v) is 4.40. The smallest absolute Gasteiger partial charge is 0.310 e. The van der Waals surface area contributed by atoms with Crippen molar-refractivity contribution in [2.24, 2.45) is 5.92 Å². The van der Waals surface area contributed by atoms with E-state index in [2.05, 4.69) is 10.4 Å². The summed E-state index contributed by atoms with van der Waals surface area (Å²) >= 11 is 1.48. The third kappa shape index (κ3) is 3.12. The molecule has 1 aliphatic heterocycles. The van der Waals surface area contributed by atoms with Crippen molar-refractivity contribution in [2.45, 2.75) is 19.8 Å². The molecule has 2 aromatic rings. The number of imidazole rings is 1. The average Bonchev–Trinajstić information content (AvgIpc) is 3.09. The normalized spacial score (nSPS) is 19.2. The van der Waals surface area contributed by atoms with E-state index in [-0.39, 0.29) is 17.8 Å². The van der Waals surface area contributed by atoms with Gasteiger partial charge in [0.2, 0.25) is 0 Å². The number of carbonyl (C=O) groups is 2. The van der Waals surface area contributed by atoms with Gasteiger partial charge < -0.3 is 4.74 Å². The van der Waals surface area contributed by atoms with Crippen molar-refractivity contribution in [3.8, 4) is 0 Å². The summed E-state index contributed by atoms with van der Waals surface area (Å²) in [5.41, 5.74) is 3.21. The molecule has 3 heterocycles. The van der Waals surface area contributed by atoms with E-state index in [0.717, 1.165) is 24.3 Å². The SMILES string of the molecule is CCOC(=O)[C@@H]1CCCN(NC(=O)c2cn3ccsc3n2)C1. The lowest BCUT2D eigenvalue weighted by Gasteiger charge is -2.31. The van der Waals surface area contributed by atoms with E-state index in [0.29, 0.717) is 18.8 Å². The van der Waals surface area contributed by atoms with Crippen molar-refractivity contribution < 1.29 is 14.3 Å². The van der Waals surface area contributed by atoms with E-state index in [9.17, 15) is 9.59 Å². The molecule has 8 heteroatoms. The van der Waals surface area contributed by atoms with Gasteiger partial charge >= 0.3 is 5.97 Å². The largest absolute Gasteiger partial charge is 0.466 e. The maximum atomic E-state index is 12.2. The van der Waals surface area contributed by atoms with Crippen LogP contribution >= 0.6 is 11.3 Å². The Labute approximate surface area is 131 Å². The van der Waals surface area contributed by atoms with Gasteiger partial charge in [0.1, 0.15) is 5.69 Å². The molecule has 0 saturated carbocycles. The minimum absolute atomic E-state index is 0.181. The number of ether oxygens (including phenoxy) is 1. The molecule has 2 aromatic heterocycles. The van der Waals surface area contributed by atoms with E-state index < -0.39 is 0 Å². The lowest BCUT2D eigenvalue weighted by Crippen LogP contribution is -2.49. The Morgan fingerprint density at radius 1 is 1.55 bits per heavy atom. The quantitative estimate of drug-likeness (QED) is 0.859. The first-order chi connectivity index (χ1) is 10.7. The van der Waals surface area contributed by atoms with Gasteiger partial charge in [-0.15, -0.1) is 11.3 Å². The Hall–Kier alpha value is -1.93. The predicted molar refractivity (Wildman–Crippen MR) is 81.5 cm³/mol. The number of fused-ring (bicyclic) bond motifs is 1. The molecule has 1 atom stereocenters. The summed E-state index contributed by atoms with van der Waals surface area (Å²) in [6.07, 6.45) is 5.21. The average molecular weight is 322 g/mol. The summed E-state index contributed by atoms with van der Waals surface area (Å²) < 4.78 is 6.87. The molecule has 1 saturated heterocycles. The van der Waals surface area contributed by atoms with Crippen molar-refractivity contribution in [1.29, 1.82) is 0 Å². The molecule has 0 radical (unpaired) electrons. The number of nitrogens with one attached hydrogen (secondary N) is 1. The summed E-state index contributed by atoms with van der Waals surface area (Å²) in [6.45, 7) is 3.38. The van der Waals surface area contributed by atoms with Crippen LogP contribution in [0, 0.1) is 5.92 Å². The highest BCUT2D eigenvalue weighted by atomic mass is 32.1. The second-order valence-electron chi connectivity index (χ2n) is 5.20. The molecule has 1 aliphatic rings. The van der Waals surface area contributed by atoms with Crippen LogP contribution in [0.1, 0.15) is 30.3 Å².